The smallest absolute Gasteiger partial charge is 0.0159 e. The SMILES string of the molecule is CC1(C)c2ccccc2-c2cc(-c3cccc(-c4ccc5ccc6cccc7ccc4c5c67)c3)cc3cccc1c23. The summed E-state index contributed by atoms with van der Waals surface area (Å²) in [5.41, 5.74) is 10.5. The molecule has 0 heterocycles. The van der Waals surface area contributed by atoms with E-state index in [-0.39, 0.29) is 5.41 Å². The zero-order chi connectivity index (χ0) is 27.3. The highest BCUT2D eigenvalue weighted by atomic mass is 14.4. The van der Waals surface area contributed by atoms with Crippen molar-refractivity contribution in [1.82, 2.24) is 0 Å². The predicted molar refractivity (Wildman–Crippen MR) is 176 cm³/mol. The van der Waals surface area contributed by atoms with Crippen molar-refractivity contribution in [2.24, 2.45) is 0 Å². The van der Waals surface area contributed by atoms with E-state index in [0.29, 0.717) is 0 Å². The first kappa shape index (κ1) is 22.8. The zero-order valence-corrected chi connectivity index (χ0v) is 23.2. The van der Waals surface area contributed by atoms with Gasteiger partial charge in [0.25, 0.3) is 0 Å². The minimum atomic E-state index is -0.0282. The molecule has 0 heteroatoms. The second-order valence-electron chi connectivity index (χ2n) is 12.1. The van der Waals surface area contributed by atoms with Gasteiger partial charge in [-0.05, 0) is 106 Å². The second-order valence-corrected chi connectivity index (χ2v) is 12.1. The number of rotatable bonds is 2. The summed E-state index contributed by atoms with van der Waals surface area (Å²) in [6, 6.07) is 50.0. The molecule has 0 nitrogen and oxygen atoms in total. The Balaban J connectivity index is 1.27. The molecule has 0 N–H and O–H groups in total. The van der Waals surface area contributed by atoms with Crippen molar-refractivity contribution in [3.8, 4) is 33.4 Å². The molecule has 1 aliphatic carbocycles. The van der Waals surface area contributed by atoms with E-state index in [9.17, 15) is 0 Å². The second kappa shape index (κ2) is 8.05. The third kappa shape index (κ3) is 3.11. The molecule has 0 amide bonds. The van der Waals surface area contributed by atoms with E-state index in [2.05, 4.69) is 147 Å². The Hall–Kier alpha value is -4.94. The highest BCUT2D eigenvalue weighted by Gasteiger charge is 2.33. The lowest BCUT2D eigenvalue weighted by molar-refractivity contribution is 0.645. The van der Waals surface area contributed by atoms with Crippen LogP contribution < -0.4 is 0 Å². The summed E-state index contributed by atoms with van der Waals surface area (Å²) in [6.07, 6.45) is 0. The lowest BCUT2D eigenvalue weighted by Gasteiger charge is -2.35. The van der Waals surface area contributed by atoms with Crippen LogP contribution in [0.1, 0.15) is 25.0 Å². The molecule has 0 saturated heterocycles. The monoisotopic (exact) mass is 520 g/mol. The molecule has 41 heavy (non-hydrogen) atoms. The van der Waals surface area contributed by atoms with E-state index in [1.165, 1.54) is 87.6 Å². The average Bonchev–Trinajstić information content (AvgIpc) is 3.02. The average molecular weight is 521 g/mol. The minimum absolute atomic E-state index is 0.0282. The van der Waals surface area contributed by atoms with Gasteiger partial charge in [-0.25, -0.2) is 0 Å². The van der Waals surface area contributed by atoms with Gasteiger partial charge in [-0.2, -0.15) is 0 Å². The van der Waals surface area contributed by atoms with Gasteiger partial charge in [0, 0.05) is 5.41 Å². The Labute approximate surface area is 239 Å². The van der Waals surface area contributed by atoms with Gasteiger partial charge in [-0.3, -0.25) is 0 Å². The number of hydrogen-bond donors (Lipinski definition) is 0. The van der Waals surface area contributed by atoms with Crippen LogP contribution >= 0.6 is 0 Å². The molecule has 192 valence electrons. The molecule has 0 aromatic heterocycles. The Morgan fingerprint density at radius 3 is 1.90 bits per heavy atom. The molecule has 0 fully saturated rings. The zero-order valence-electron chi connectivity index (χ0n) is 23.2. The maximum absolute atomic E-state index is 2.42. The van der Waals surface area contributed by atoms with Crippen molar-refractivity contribution in [2.45, 2.75) is 19.3 Å². The van der Waals surface area contributed by atoms with Gasteiger partial charge in [0.1, 0.15) is 0 Å². The van der Waals surface area contributed by atoms with E-state index in [0.717, 1.165) is 0 Å². The maximum Gasteiger partial charge on any atom is 0.0159 e. The molecule has 0 bridgehead atoms. The molecule has 0 unspecified atom stereocenters. The molecule has 0 saturated carbocycles. The van der Waals surface area contributed by atoms with E-state index < -0.39 is 0 Å². The van der Waals surface area contributed by atoms with Crippen LogP contribution in [-0.4, -0.2) is 0 Å². The Morgan fingerprint density at radius 2 is 1.02 bits per heavy atom. The summed E-state index contributed by atoms with van der Waals surface area (Å²) in [4.78, 5) is 0. The van der Waals surface area contributed by atoms with Gasteiger partial charge < -0.3 is 0 Å². The number of hydrogen-bond acceptors (Lipinski definition) is 0. The third-order valence-corrected chi connectivity index (χ3v) is 9.58. The van der Waals surface area contributed by atoms with Crippen molar-refractivity contribution < 1.29 is 0 Å². The normalized spacial score (nSPS) is 13.8. The Bertz CT molecular complexity index is 2320. The first-order valence-electron chi connectivity index (χ1n) is 14.5. The summed E-state index contributed by atoms with van der Waals surface area (Å²) in [5, 5.41) is 10.7. The van der Waals surface area contributed by atoms with Gasteiger partial charge in [0.2, 0.25) is 0 Å². The lowest BCUT2D eigenvalue weighted by Crippen LogP contribution is -2.23. The summed E-state index contributed by atoms with van der Waals surface area (Å²) in [5.74, 6) is 0. The summed E-state index contributed by atoms with van der Waals surface area (Å²) < 4.78 is 0. The fourth-order valence-electron chi connectivity index (χ4n) is 7.59. The quantitative estimate of drug-likeness (QED) is 0.199. The van der Waals surface area contributed by atoms with Crippen LogP contribution in [-0.2, 0) is 5.41 Å². The Morgan fingerprint density at radius 1 is 0.366 bits per heavy atom. The molecule has 0 radical (unpaired) electrons. The fraction of sp³-hybridized carbons (Fsp3) is 0.0732. The molecular weight excluding hydrogens is 492 g/mol. The van der Waals surface area contributed by atoms with Gasteiger partial charge in [0.15, 0.2) is 0 Å². The molecule has 0 spiro atoms. The molecule has 0 aliphatic heterocycles. The van der Waals surface area contributed by atoms with Crippen molar-refractivity contribution in [1.29, 1.82) is 0 Å². The maximum atomic E-state index is 2.42. The van der Waals surface area contributed by atoms with E-state index in [1.807, 2.05) is 0 Å². The van der Waals surface area contributed by atoms with Crippen molar-refractivity contribution in [3.05, 3.63) is 145 Å². The Kier molecular flexibility index (Phi) is 4.49. The fourth-order valence-corrected chi connectivity index (χ4v) is 7.59. The van der Waals surface area contributed by atoms with Gasteiger partial charge in [0.05, 0.1) is 0 Å². The number of benzene rings is 8. The molecule has 0 atom stereocenters. The van der Waals surface area contributed by atoms with Crippen LogP contribution in [0.3, 0.4) is 0 Å². The first-order chi connectivity index (χ1) is 20.1. The summed E-state index contributed by atoms with van der Waals surface area (Å²) in [6.45, 7) is 4.72. The van der Waals surface area contributed by atoms with Crippen molar-refractivity contribution in [2.75, 3.05) is 0 Å². The summed E-state index contributed by atoms with van der Waals surface area (Å²) >= 11 is 0. The standard InChI is InChI=1S/C41H28/c1-41(2)36-14-4-3-13-33(36)35-24-31(23-30-12-7-15-37(41)39(30)35)28-10-6-11-29(22-28)32-20-18-27-17-16-25-8-5-9-26-19-21-34(32)40(27)38(25)26/h3-24H,1-2H3. The van der Waals surface area contributed by atoms with Crippen molar-refractivity contribution >= 4 is 43.1 Å². The topological polar surface area (TPSA) is 0 Å². The van der Waals surface area contributed by atoms with Crippen molar-refractivity contribution in [3.63, 3.8) is 0 Å². The van der Waals surface area contributed by atoms with Crippen LogP contribution in [0, 0.1) is 0 Å². The van der Waals surface area contributed by atoms with Crippen LogP contribution in [0.25, 0.3) is 76.5 Å². The van der Waals surface area contributed by atoms with Crippen LogP contribution in [0.15, 0.2) is 133 Å². The van der Waals surface area contributed by atoms with E-state index in [4.69, 9.17) is 0 Å². The van der Waals surface area contributed by atoms with E-state index in [1.54, 1.807) is 0 Å². The highest BCUT2D eigenvalue weighted by Crippen LogP contribution is 2.50. The molecule has 9 rings (SSSR count). The molecular formula is C41H28. The lowest BCUT2D eigenvalue weighted by atomic mass is 9.68. The van der Waals surface area contributed by atoms with Gasteiger partial charge in [-0.1, -0.05) is 129 Å². The highest BCUT2D eigenvalue weighted by molar-refractivity contribution is 6.25. The van der Waals surface area contributed by atoms with Gasteiger partial charge >= 0.3 is 0 Å². The predicted octanol–water partition coefficient (Wildman–Crippen LogP) is 11.4. The molecule has 1 aliphatic rings. The third-order valence-electron chi connectivity index (χ3n) is 9.58. The van der Waals surface area contributed by atoms with E-state index >= 15 is 0 Å². The number of fused-ring (bicyclic) bond motifs is 2. The van der Waals surface area contributed by atoms with Crippen LogP contribution in [0.2, 0.25) is 0 Å². The van der Waals surface area contributed by atoms with Gasteiger partial charge in [-0.15, -0.1) is 0 Å². The molecule has 8 aromatic carbocycles. The van der Waals surface area contributed by atoms with Crippen LogP contribution in [0.4, 0.5) is 0 Å². The largest absolute Gasteiger partial charge is 0.0619 e. The first-order valence-corrected chi connectivity index (χ1v) is 14.5. The van der Waals surface area contributed by atoms with Crippen LogP contribution in [0.5, 0.6) is 0 Å². The summed E-state index contributed by atoms with van der Waals surface area (Å²) in [7, 11) is 0. The minimum Gasteiger partial charge on any atom is -0.0619 e. The molecule has 8 aromatic rings.